The van der Waals surface area contributed by atoms with Crippen LogP contribution in [0.2, 0.25) is 10.0 Å². The zero-order valence-electron chi connectivity index (χ0n) is 9.99. The van der Waals surface area contributed by atoms with Crippen molar-refractivity contribution in [1.29, 1.82) is 0 Å². The first-order chi connectivity index (χ1) is 9.56. The Hall–Kier alpha value is -1.23. The number of fused-ring (bicyclic) bond motifs is 1. The highest BCUT2D eigenvalue weighted by Gasteiger charge is 2.16. The second-order valence-corrected chi connectivity index (χ2v) is 5.98. The number of alkyl halides is 1. The van der Waals surface area contributed by atoms with Crippen LogP contribution in [-0.4, -0.2) is 4.98 Å². The first-order valence-electron chi connectivity index (χ1n) is 5.77. The Morgan fingerprint density at radius 2 is 2.00 bits per heavy atom. The molecule has 3 nitrogen and oxygen atoms in total. The molecule has 0 radical (unpaired) electrons. The molecule has 1 unspecified atom stereocenters. The van der Waals surface area contributed by atoms with Crippen molar-refractivity contribution in [1.82, 2.24) is 4.98 Å². The molecule has 20 heavy (non-hydrogen) atoms. The van der Waals surface area contributed by atoms with E-state index < -0.39 is 5.76 Å². The summed E-state index contributed by atoms with van der Waals surface area (Å²) in [4.78, 5) is 13.6. The van der Waals surface area contributed by atoms with E-state index in [1.54, 1.807) is 18.2 Å². The van der Waals surface area contributed by atoms with E-state index in [-0.39, 0.29) is 4.83 Å². The van der Waals surface area contributed by atoms with Gasteiger partial charge in [0.1, 0.15) is 0 Å². The minimum atomic E-state index is -0.468. The van der Waals surface area contributed by atoms with E-state index in [1.165, 1.54) is 0 Å². The van der Waals surface area contributed by atoms with Crippen molar-refractivity contribution in [2.75, 3.05) is 0 Å². The van der Waals surface area contributed by atoms with E-state index in [9.17, 15) is 4.79 Å². The van der Waals surface area contributed by atoms with Crippen LogP contribution in [0.3, 0.4) is 0 Å². The zero-order chi connectivity index (χ0) is 14.3. The number of hydrogen-bond acceptors (Lipinski definition) is 2. The summed E-state index contributed by atoms with van der Waals surface area (Å²) < 4.78 is 5.06. The van der Waals surface area contributed by atoms with Crippen molar-refractivity contribution in [2.45, 2.75) is 4.83 Å². The van der Waals surface area contributed by atoms with Crippen molar-refractivity contribution in [3.8, 4) is 0 Å². The van der Waals surface area contributed by atoms with E-state index in [1.807, 2.05) is 18.2 Å². The van der Waals surface area contributed by atoms with E-state index in [4.69, 9.17) is 27.6 Å². The van der Waals surface area contributed by atoms with Crippen LogP contribution in [0.1, 0.15) is 16.0 Å². The van der Waals surface area contributed by atoms with Crippen LogP contribution >= 0.6 is 39.1 Å². The molecule has 3 aromatic rings. The molecule has 102 valence electrons. The molecular formula is C14H8BrCl2NO2. The summed E-state index contributed by atoms with van der Waals surface area (Å²) >= 11 is 15.8. The highest BCUT2D eigenvalue weighted by atomic mass is 79.9. The van der Waals surface area contributed by atoms with Crippen molar-refractivity contribution >= 4 is 50.2 Å². The third kappa shape index (κ3) is 2.39. The van der Waals surface area contributed by atoms with E-state index in [0.717, 1.165) is 11.1 Å². The lowest BCUT2D eigenvalue weighted by Gasteiger charge is -2.13. The van der Waals surface area contributed by atoms with Gasteiger partial charge in [0, 0.05) is 0 Å². The number of hydrogen-bond donors (Lipinski definition) is 1. The molecule has 0 saturated heterocycles. The second-order valence-electron chi connectivity index (χ2n) is 4.28. The van der Waals surface area contributed by atoms with Crippen molar-refractivity contribution in [2.24, 2.45) is 0 Å². The molecule has 0 bridgehead atoms. The van der Waals surface area contributed by atoms with Gasteiger partial charge >= 0.3 is 5.76 Å². The van der Waals surface area contributed by atoms with Gasteiger partial charge in [-0.15, -0.1) is 0 Å². The summed E-state index contributed by atoms with van der Waals surface area (Å²) in [6.45, 7) is 0. The molecule has 1 atom stereocenters. The molecular weight excluding hydrogens is 365 g/mol. The fourth-order valence-electron chi connectivity index (χ4n) is 2.02. The lowest BCUT2D eigenvalue weighted by Crippen LogP contribution is -1.94. The second kappa shape index (κ2) is 5.28. The topological polar surface area (TPSA) is 46.0 Å². The third-order valence-corrected chi connectivity index (χ3v) is 4.85. The maximum Gasteiger partial charge on any atom is 0.417 e. The predicted molar refractivity (Wildman–Crippen MR) is 84.1 cm³/mol. The summed E-state index contributed by atoms with van der Waals surface area (Å²) in [6.07, 6.45) is 0. The highest BCUT2D eigenvalue weighted by Crippen LogP contribution is 2.38. The number of nitrogens with one attached hydrogen (secondary N) is 1. The van der Waals surface area contributed by atoms with E-state index in [0.29, 0.717) is 21.1 Å². The fraction of sp³-hybridized carbons (Fsp3) is 0.0714. The minimum absolute atomic E-state index is 0.140. The van der Waals surface area contributed by atoms with Gasteiger partial charge < -0.3 is 4.42 Å². The molecule has 1 N–H and O–H groups in total. The number of aromatic nitrogens is 1. The molecule has 0 saturated carbocycles. The smallest absolute Gasteiger partial charge is 0.408 e. The first-order valence-corrected chi connectivity index (χ1v) is 7.44. The monoisotopic (exact) mass is 371 g/mol. The fourth-order valence-corrected chi connectivity index (χ4v) is 3.23. The Labute approximate surface area is 132 Å². The van der Waals surface area contributed by atoms with Gasteiger partial charge in [-0.3, -0.25) is 4.98 Å². The normalized spacial score (nSPS) is 12.8. The molecule has 3 rings (SSSR count). The molecule has 0 aliphatic carbocycles. The maximum atomic E-state index is 11.2. The van der Waals surface area contributed by atoms with Gasteiger partial charge in [-0.2, -0.15) is 0 Å². The molecule has 0 amide bonds. The summed E-state index contributed by atoms with van der Waals surface area (Å²) in [5, 5.41) is 1.01. The summed E-state index contributed by atoms with van der Waals surface area (Å²) in [5.41, 5.74) is 2.95. The molecule has 0 spiro atoms. The summed E-state index contributed by atoms with van der Waals surface area (Å²) in [7, 11) is 0. The van der Waals surface area contributed by atoms with Crippen molar-refractivity contribution < 1.29 is 4.42 Å². The Balaban J connectivity index is 2.09. The van der Waals surface area contributed by atoms with Gasteiger partial charge in [-0.05, 0) is 29.3 Å². The van der Waals surface area contributed by atoms with Crippen LogP contribution in [0.4, 0.5) is 0 Å². The van der Waals surface area contributed by atoms with E-state index >= 15 is 0 Å². The Bertz CT molecular complexity index is 841. The number of aromatic amines is 1. The Kier molecular flexibility index (Phi) is 3.63. The lowest BCUT2D eigenvalue weighted by atomic mass is 10.0. The molecule has 2 aromatic carbocycles. The average molecular weight is 373 g/mol. The van der Waals surface area contributed by atoms with Gasteiger partial charge in [-0.25, -0.2) is 4.79 Å². The Morgan fingerprint density at radius 1 is 1.20 bits per heavy atom. The Morgan fingerprint density at radius 3 is 2.80 bits per heavy atom. The SMILES string of the molecule is O=c1[nH]c2ccc(C(Br)c3cccc(Cl)c3Cl)cc2o1. The molecule has 0 fully saturated rings. The minimum Gasteiger partial charge on any atom is -0.408 e. The van der Waals surface area contributed by atoms with Gasteiger partial charge in [0.25, 0.3) is 0 Å². The van der Waals surface area contributed by atoms with Gasteiger partial charge in [0.15, 0.2) is 5.58 Å². The number of oxazole rings is 1. The largest absolute Gasteiger partial charge is 0.417 e. The molecule has 6 heteroatoms. The summed E-state index contributed by atoms with van der Waals surface area (Å²) in [6, 6.07) is 11.0. The van der Waals surface area contributed by atoms with Crippen molar-refractivity contribution in [3.63, 3.8) is 0 Å². The van der Waals surface area contributed by atoms with Crippen LogP contribution in [-0.2, 0) is 0 Å². The summed E-state index contributed by atoms with van der Waals surface area (Å²) in [5.74, 6) is -0.468. The molecule has 0 aliphatic rings. The predicted octanol–water partition coefficient (Wildman–Crippen LogP) is 4.91. The average Bonchev–Trinajstić information content (AvgIpc) is 2.80. The van der Waals surface area contributed by atoms with Crippen LogP contribution in [0.25, 0.3) is 11.1 Å². The molecule has 1 aromatic heterocycles. The van der Waals surface area contributed by atoms with Crippen LogP contribution in [0.5, 0.6) is 0 Å². The van der Waals surface area contributed by atoms with Crippen LogP contribution in [0, 0.1) is 0 Å². The standard InChI is InChI=1S/C14H8BrCl2NO2/c15-12(8-2-1-3-9(16)13(8)17)7-4-5-10-11(6-7)20-14(19)18-10/h1-6,12H,(H,18,19). The van der Waals surface area contributed by atoms with Crippen molar-refractivity contribution in [3.05, 3.63) is 68.1 Å². The highest BCUT2D eigenvalue weighted by molar-refractivity contribution is 9.09. The van der Waals surface area contributed by atoms with E-state index in [2.05, 4.69) is 20.9 Å². The first kappa shape index (κ1) is 13.7. The van der Waals surface area contributed by atoms with Crippen LogP contribution < -0.4 is 5.76 Å². The van der Waals surface area contributed by atoms with Gasteiger partial charge in [0.2, 0.25) is 0 Å². The zero-order valence-corrected chi connectivity index (χ0v) is 13.1. The van der Waals surface area contributed by atoms with Gasteiger partial charge in [0.05, 0.1) is 20.4 Å². The molecule has 1 heterocycles. The lowest BCUT2D eigenvalue weighted by molar-refractivity contribution is 0.555. The van der Waals surface area contributed by atoms with Crippen LogP contribution in [0.15, 0.2) is 45.6 Å². The third-order valence-electron chi connectivity index (χ3n) is 2.99. The quantitative estimate of drug-likeness (QED) is 0.649. The number of H-pyrrole nitrogens is 1. The van der Waals surface area contributed by atoms with Gasteiger partial charge in [-0.1, -0.05) is 57.3 Å². The number of halogens is 3. The molecule has 0 aliphatic heterocycles. The number of benzene rings is 2. The number of rotatable bonds is 2. The maximum absolute atomic E-state index is 11.2.